The molecule has 3 rings (SSSR count). The van der Waals surface area contributed by atoms with E-state index < -0.39 is 4.92 Å². The molecule has 20 heavy (non-hydrogen) atoms. The monoisotopic (exact) mass is 289 g/mol. The number of nitrogens with one attached hydrogen (secondary N) is 1. The molecule has 0 aliphatic rings. The molecule has 1 heterocycles. The van der Waals surface area contributed by atoms with Crippen molar-refractivity contribution in [3.05, 3.63) is 68.1 Å². The van der Waals surface area contributed by atoms with Crippen LogP contribution in [0.1, 0.15) is 0 Å². The highest BCUT2D eigenvalue weighted by Crippen LogP contribution is 2.27. The Bertz CT molecular complexity index is 882. The summed E-state index contributed by atoms with van der Waals surface area (Å²) in [5.41, 5.74) is 1.33. The van der Waals surface area contributed by atoms with E-state index in [1.54, 1.807) is 18.2 Å². The van der Waals surface area contributed by atoms with Crippen LogP contribution in [0.25, 0.3) is 16.7 Å². The van der Waals surface area contributed by atoms with Gasteiger partial charge < -0.3 is 4.98 Å². The summed E-state index contributed by atoms with van der Waals surface area (Å²) in [6.07, 6.45) is 0. The van der Waals surface area contributed by atoms with E-state index in [0.29, 0.717) is 16.7 Å². The number of rotatable bonds is 2. The highest BCUT2D eigenvalue weighted by Gasteiger charge is 2.15. The molecular weight excluding hydrogens is 282 g/mol. The van der Waals surface area contributed by atoms with Gasteiger partial charge in [0.15, 0.2) is 0 Å². The summed E-state index contributed by atoms with van der Waals surface area (Å²) in [5.74, 6) is 0. The molecule has 0 unspecified atom stereocenters. The summed E-state index contributed by atoms with van der Waals surface area (Å²) in [6, 6.07) is 11.4. The maximum absolute atomic E-state index is 12.0. The standard InChI is InChI=1S/C13H8ClN3O3/c14-9-7-8(5-6-11(9)17(19)20)16-12-4-2-1-3-10(12)15-13(16)18/h1-7H,(H,15,18). The quantitative estimate of drug-likeness (QED) is 0.582. The van der Waals surface area contributed by atoms with Crippen molar-refractivity contribution in [1.29, 1.82) is 0 Å². The molecule has 0 bridgehead atoms. The highest BCUT2D eigenvalue weighted by molar-refractivity contribution is 6.32. The minimum atomic E-state index is -0.565. The van der Waals surface area contributed by atoms with Crippen molar-refractivity contribution in [3.63, 3.8) is 0 Å². The van der Waals surface area contributed by atoms with Gasteiger partial charge in [-0.1, -0.05) is 23.7 Å². The van der Waals surface area contributed by atoms with E-state index in [9.17, 15) is 14.9 Å². The fourth-order valence-corrected chi connectivity index (χ4v) is 2.34. The number of H-pyrrole nitrogens is 1. The van der Waals surface area contributed by atoms with Gasteiger partial charge in [0.05, 0.1) is 21.6 Å². The molecular formula is C13H8ClN3O3. The Morgan fingerprint density at radius 3 is 2.65 bits per heavy atom. The van der Waals surface area contributed by atoms with Crippen LogP contribution < -0.4 is 5.69 Å². The summed E-state index contributed by atoms with van der Waals surface area (Å²) < 4.78 is 1.42. The lowest BCUT2D eigenvalue weighted by Gasteiger charge is -2.04. The number of para-hydroxylation sites is 2. The largest absolute Gasteiger partial charge is 0.331 e. The van der Waals surface area contributed by atoms with Crippen molar-refractivity contribution in [1.82, 2.24) is 9.55 Å². The third-order valence-corrected chi connectivity index (χ3v) is 3.28. The van der Waals surface area contributed by atoms with Gasteiger partial charge in [-0.3, -0.25) is 14.7 Å². The van der Waals surface area contributed by atoms with Gasteiger partial charge in [-0.15, -0.1) is 0 Å². The van der Waals surface area contributed by atoms with Crippen LogP contribution >= 0.6 is 11.6 Å². The second-order valence-electron chi connectivity index (χ2n) is 4.18. The number of nitrogens with zero attached hydrogens (tertiary/aromatic N) is 2. The second-order valence-corrected chi connectivity index (χ2v) is 4.58. The fourth-order valence-electron chi connectivity index (χ4n) is 2.09. The lowest BCUT2D eigenvalue weighted by molar-refractivity contribution is -0.384. The molecule has 3 aromatic rings. The lowest BCUT2D eigenvalue weighted by Crippen LogP contribution is -2.14. The average Bonchev–Trinajstić information content (AvgIpc) is 2.73. The van der Waals surface area contributed by atoms with E-state index in [1.807, 2.05) is 6.07 Å². The van der Waals surface area contributed by atoms with Crippen LogP contribution in [0.15, 0.2) is 47.3 Å². The van der Waals surface area contributed by atoms with Gasteiger partial charge in [0.1, 0.15) is 5.02 Å². The molecule has 7 heteroatoms. The third kappa shape index (κ3) is 1.86. The number of hydrogen-bond donors (Lipinski definition) is 1. The summed E-state index contributed by atoms with van der Waals surface area (Å²) in [7, 11) is 0. The molecule has 1 N–H and O–H groups in total. The Morgan fingerprint density at radius 1 is 1.20 bits per heavy atom. The zero-order valence-corrected chi connectivity index (χ0v) is 10.8. The predicted octanol–water partition coefficient (Wildman–Crippen LogP) is 2.88. The van der Waals surface area contributed by atoms with E-state index in [4.69, 9.17) is 11.6 Å². The SMILES string of the molecule is O=c1[nH]c2ccccc2n1-c1ccc([N+](=O)[O-])c(Cl)c1. The normalized spacial score (nSPS) is 10.8. The summed E-state index contributed by atoms with van der Waals surface area (Å²) in [4.78, 5) is 24.9. The molecule has 0 saturated carbocycles. The van der Waals surface area contributed by atoms with Crippen molar-refractivity contribution in [3.8, 4) is 5.69 Å². The molecule has 0 saturated heterocycles. The van der Waals surface area contributed by atoms with Gasteiger partial charge in [-0.05, 0) is 24.3 Å². The average molecular weight is 290 g/mol. The fraction of sp³-hybridized carbons (Fsp3) is 0. The van der Waals surface area contributed by atoms with Gasteiger partial charge in [0, 0.05) is 6.07 Å². The van der Waals surface area contributed by atoms with E-state index in [1.165, 1.54) is 22.8 Å². The first-order valence-electron chi connectivity index (χ1n) is 5.72. The zero-order chi connectivity index (χ0) is 14.3. The first kappa shape index (κ1) is 12.4. The number of fused-ring (bicyclic) bond motifs is 1. The zero-order valence-electron chi connectivity index (χ0n) is 10.0. The smallest absolute Gasteiger partial charge is 0.305 e. The van der Waals surface area contributed by atoms with E-state index in [0.717, 1.165) is 0 Å². The van der Waals surface area contributed by atoms with E-state index >= 15 is 0 Å². The van der Waals surface area contributed by atoms with Crippen LogP contribution in [-0.2, 0) is 0 Å². The van der Waals surface area contributed by atoms with Crippen molar-refractivity contribution in [2.75, 3.05) is 0 Å². The number of aromatic nitrogens is 2. The first-order valence-corrected chi connectivity index (χ1v) is 6.10. The summed E-state index contributed by atoms with van der Waals surface area (Å²) >= 11 is 5.88. The Hall–Kier alpha value is -2.60. The van der Waals surface area contributed by atoms with Crippen LogP contribution in [-0.4, -0.2) is 14.5 Å². The second kappa shape index (κ2) is 4.50. The van der Waals surface area contributed by atoms with Gasteiger partial charge in [-0.25, -0.2) is 4.79 Å². The van der Waals surface area contributed by atoms with Gasteiger partial charge in [0.25, 0.3) is 5.69 Å². The van der Waals surface area contributed by atoms with Crippen molar-refractivity contribution in [2.24, 2.45) is 0 Å². The summed E-state index contributed by atoms with van der Waals surface area (Å²) in [5, 5.41) is 10.7. The number of nitro groups is 1. The number of hydrogen-bond acceptors (Lipinski definition) is 3. The van der Waals surface area contributed by atoms with Crippen LogP contribution in [0.4, 0.5) is 5.69 Å². The van der Waals surface area contributed by atoms with Gasteiger partial charge in [0.2, 0.25) is 0 Å². The molecule has 0 atom stereocenters. The molecule has 0 aliphatic carbocycles. The van der Waals surface area contributed by atoms with Crippen molar-refractivity contribution in [2.45, 2.75) is 0 Å². The minimum absolute atomic E-state index is 0.00955. The molecule has 2 aromatic carbocycles. The Morgan fingerprint density at radius 2 is 1.95 bits per heavy atom. The molecule has 0 amide bonds. The van der Waals surface area contributed by atoms with E-state index in [-0.39, 0.29) is 16.4 Å². The molecule has 6 nitrogen and oxygen atoms in total. The van der Waals surface area contributed by atoms with E-state index in [2.05, 4.69) is 4.98 Å². The summed E-state index contributed by atoms with van der Waals surface area (Å²) in [6.45, 7) is 0. The van der Waals surface area contributed by atoms with Crippen LogP contribution in [0, 0.1) is 10.1 Å². The van der Waals surface area contributed by atoms with Crippen LogP contribution in [0.3, 0.4) is 0 Å². The number of nitro benzene ring substituents is 1. The number of halogens is 1. The molecule has 1 aromatic heterocycles. The Labute approximate surface area is 117 Å². The Kier molecular flexibility index (Phi) is 2.80. The molecule has 0 aliphatic heterocycles. The first-order chi connectivity index (χ1) is 9.58. The highest BCUT2D eigenvalue weighted by atomic mass is 35.5. The lowest BCUT2D eigenvalue weighted by atomic mass is 10.2. The van der Waals surface area contributed by atoms with Crippen molar-refractivity contribution >= 4 is 28.3 Å². The molecule has 0 radical (unpaired) electrons. The van der Waals surface area contributed by atoms with Crippen molar-refractivity contribution < 1.29 is 4.92 Å². The van der Waals surface area contributed by atoms with Gasteiger partial charge in [-0.2, -0.15) is 0 Å². The third-order valence-electron chi connectivity index (χ3n) is 2.98. The van der Waals surface area contributed by atoms with Crippen LogP contribution in [0.5, 0.6) is 0 Å². The topological polar surface area (TPSA) is 80.9 Å². The molecule has 0 fully saturated rings. The molecule has 100 valence electrons. The van der Waals surface area contributed by atoms with Crippen LogP contribution in [0.2, 0.25) is 5.02 Å². The molecule has 0 spiro atoms. The number of aromatic amines is 1. The minimum Gasteiger partial charge on any atom is -0.305 e. The van der Waals surface area contributed by atoms with Gasteiger partial charge >= 0.3 is 5.69 Å². The maximum Gasteiger partial charge on any atom is 0.331 e. The number of benzene rings is 2. The maximum atomic E-state index is 12.0. The number of imidazole rings is 1. The predicted molar refractivity (Wildman–Crippen MR) is 75.6 cm³/mol. The Balaban J connectivity index is 2.26.